The Morgan fingerprint density at radius 1 is 0.745 bits per heavy atom. The van der Waals surface area contributed by atoms with Crippen molar-refractivity contribution in [2.45, 2.75) is 111 Å². The fourth-order valence-electron chi connectivity index (χ4n) is 5.47. The molecule has 0 radical (unpaired) electrons. The summed E-state index contributed by atoms with van der Waals surface area (Å²) in [6.07, 6.45) is 6.08. The molecule has 0 aromatic carbocycles. The van der Waals surface area contributed by atoms with Crippen LogP contribution in [0, 0.1) is 10.8 Å². The fraction of sp³-hybridized carbons (Fsp3) is 0.912. The largest absolute Gasteiger partial charge is 0.395 e. The molecule has 0 aliphatic rings. The predicted octanol–water partition coefficient (Wildman–Crippen LogP) is 4.49. The van der Waals surface area contributed by atoms with Crippen molar-refractivity contribution in [3.05, 3.63) is 0 Å². The highest BCUT2D eigenvalue weighted by atomic mass is 32.2. The number of hydrogen-bond acceptors (Lipinski definition) is 10. The number of amides is 3. The third-order valence-electron chi connectivity index (χ3n) is 6.71. The Balaban J connectivity index is -0.000000789. The van der Waals surface area contributed by atoms with E-state index in [0.717, 1.165) is 83.7 Å². The van der Waals surface area contributed by atoms with Gasteiger partial charge in [-0.25, -0.2) is 0 Å². The summed E-state index contributed by atoms with van der Waals surface area (Å²) in [6.45, 7) is 29.1. The molecular weight excluding hydrogens is 653 g/mol. The number of thiol groups is 2. The summed E-state index contributed by atoms with van der Waals surface area (Å²) in [6, 6.07) is 0. The number of hydrogen-bond donors (Lipinski definition) is 7. The molecule has 0 bridgehead atoms. The van der Waals surface area contributed by atoms with Crippen molar-refractivity contribution in [2.75, 3.05) is 78.3 Å². The van der Waals surface area contributed by atoms with Gasteiger partial charge in [-0.2, -0.15) is 25.3 Å². The Kier molecular flexibility index (Phi) is 31.3. The second-order valence-electron chi connectivity index (χ2n) is 14.9. The third kappa shape index (κ3) is 39.6. The lowest BCUT2D eigenvalue weighted by atomic mass is 9.83. The second kappa shape index (κ2) is 29.1. The number of nitrogens with zero attached hydrogens (tertiary/aromatic N) is 2. The van der Waals surface area contributed by atoms with Gasteiger partial charge in [0, 0.05) is 67.5 Å². The first-order chi connectivity index (χ1) is 21.7. The van der Waals surface area contributed by atoms with E-state index in [0.29, 0.717) is 25.9 Å². The smallest absolute Gasteiger partial charge is 0.221 e. The van der Waals surface area contributed by atoms with Crippen molar-refractivity contribution >= 4 is 55.9 Å². The molecule has 10 nitrogen and oxygen atoms in total. The molecular formula is C34H74N6O4S3. The molecule has 0 rings (SSSR count). The van der Waals surface area contributed by atoms with Crippen LogP contribution in [0.5, 0.6) is 0 Å². The van der Waals surface area contributed by atoms with Crippen molar-refractivity contribution < 1.29 is 19.5 Å². The topological polar surface area (TPSA) is 126 Å². The minimum Gasteiger partial charge on any atom is -0.395 e. The van der Waals surface area contributed by atoms with E-state index in [2.05, 4.69) is 125 Å². The van der Waals surface area contributed by atoms with E-state index in [1.807, 2.05) is 7.05 Å². The highest BCUT2D eigenvalue weighted by molar-refractivity contribution is 7.97. The lowest BCUT2D eigenvalue weighted by Gasteiger charge is -2.32. The molecule has 13 heteroatoms. The molecule has 0 saturated heterocycles. The maximum absolute atomic E-state index is 12.3. The van der Waals surface area contributed by atoms with Crippen molar-refractivity contribution in [3.63, 3.8) is 0 Å². The van der Waals surface area contributed by atoms with Gasteiger partial charge < -0.3 is 26.0 Å². The van der Waals surface area contributed by atoms with Crippen molar-refractivity contribution in [1.82, 2.24) is 30.5 Å². The summed E-state index contributed by atoms with van der Waals surface area (Å²) in [7, 11) is 1.85. The van der Waals surface area contributed by atoms with Gasteiger partial charge in [0.2, 0.25) is 18.7 Å². The molecule has 3 amide bonds. The highest BCUT2D eigenvalue weighted by Gasteiger charge is 2.27. The van der Waals surface area contributed by atoms with Gasteiger partial charge >= 0.3 is 0 Å². The summed E-state index contributed by atoms with van der Waals surface area (Å²) in [5.74, 6) is 1.04. The lowest BCUT2D eigenvalue weighted by molar-refractivity contribution is -0.122. The average Bonchev–Trinajstić information content (AvgIpc) is 2.93. The van der Waals surface area contributed by atoms with Crippen LogP contribution in [0.15, 0.2) is 0 Å². The molecule has 0 aromatic rings. The van der Waals surface area contributed by atoms with Gasteiger partial charge in [-0.1, -0.05) is 81.2 Å². The summed E-state index contributed by atoms with van der Waals surface area (Å²) < 4.78 is 2.87. The number of carbonyl (C=O) groups is 3. The van der Waals surface area contributed by atoms with Gasteiger partial charge in [-0.15, -0.1) is 0 Å². The predicted molar refractivity (Wildman–Crippen MR) is 211 cm³/mol. The molecule has 0 atom stereocenters. The van der Waals surface area contributed by atoms with Crippen LogP contribution in [-0.2, 0) is 14.4 Å². The zero-order chi connectivity index (χ0) is 37.0. The monoisotopic (exact) mass is 726 g/mol. The average molecular weight is 727 g/mol. The minimum absolute atomic E-state index is 0.0219. The molecule has 0 aromatic heterocycles. The Labute approximate surface area is 304 Å². The van der Waals surface area contributed by atoms with Gasteiger partial charge in [0.05, 0.1) is 6.61 Å². The van der Waals surface area contributed by atoms with Crippen LogP contribution in [0.1, 0.15) is 101 Å². The molecule has 0 aliphatic carbocycles. The standard InChI is InChI=1S/C21H45N3O2S.C9H19NOS.C4H10N2OS/c1-7-10-23(13-14-24(11-8-2)15-16-25)12-9-19(26)22-18-20(3,4)17-21(5,6)27;1-8(2,6-10-7-11)5-9(3,4)12;1-5-8-3-2-6-4-7/h25,27H,7-18H2,1-6H3,(H,22,26);7,12H,5-6H2,1-4H3,(H,10,11);4-5H,2-3H2,1H3,(H,6,7). The molecule has 0 unspecified atom stereocenters. The molecule has 47 heavy (non-hydrogen) atoms. The normalized spacial score (nSPS) is 12.1. The van der Waals surface area contributed by atoms with E-state index in [-0.39, 0.29) is 32.8 Å². The lowest BCUT2D eigenvalue weighted by Crippen LogP contribution is -2.40. The van der Waals surface area contributed by atoms with E-state index < -0.39 is 0 Å². The van der Waals surface area contributed by atoms with Gasteiger partial charge in [-0.3, -0.25) is 24.0 Å². The molecule has 0 spiro atoms. The number of aliphatic hydroxyl groups is 1. The summed E-state index contributed by atoms with van der Waals surface area (Å²) in [5.41, 5.74) is 0.154. The number of aliphatic hydroxyl groups excluding tert-OH is 1. The Bertz CT molecular complexity index is 772. The highest BCUT2D eigenvalue weighted by Crippen LogP contribution is 2.31. The quantitative estimate of drug-likeness (QED) is 0.0301. The number of rotatable bonds is 26. The first-order valence-corrected chi connectivity index (χ1v) is 19.0. The van der Waals surface area contributed by atoms with E-state index in [9.17, 15) is 19.5 Å². The number of carbonyl (C=O) groups excluding carboxylic acids is 3. The number of nitrogens with one attached hydrogen (secondary N) is 4. The Morgan fingerprint density at radius 2 is 1.21 bits per heavy atom. The third-order valence-corrected chi connectivity index (χ3v) is 7.72. The molecule has 0 aliphatic heterocycles. The fourth-order valence-corrected chi connectivity index (χ4v) is 6.75. The summed E-state index contributed by atoms with van der Waals surface area (Å²) in [5, 5.41) is 17.5. The van der Waals surface area contributed by atoms with Crippen molar-refractivity contribution in [1.29, 1.82) is 0 Å². The van der Waals surface area contributed by atoms with Crippen LogP contribution in [0.25, 0.3) is 0 Å². The SMILES string of the molecule is CC(C)(S)CC(C)(C)CNC=O.CCCN(CCO)CCN(CCC)CCC(=O)NCC(C)(C)CC(C)(C)S.CNSCCNC=O. The van der Waals surface area contributed by atoms with E-state index in [1.165, 1.54) is 0 Å². The van der Waals surface area contributed by atoms with Gasteiger partial charge in [0.15, 0.2) is 0 Å². The van der Waals surface area contributed by atoms with Crippen molar-refractivity contribution in [2.24, 2.45) is 10.8 Å². The van der Waals surface area contributed by atoms with E-state index in [1.54, 1.807) is 11.9 Å². The van der Waals surface area contributed by atoms with Gasteiger partial charge in [0.1, 0.15) is 0 Å². The summed E-state index contributed by atoms with van der Waals surface area (Å²) >= 11 is 10.6. The Morgan fingerprint density at radius 3 is 1.62 bits per heavy atom. The first kappa shape index (κ1) is 50.7. The van der Waals surface area contributed by atoms with E-state index in [4.69, 9.17) is 0 Å². The van der Waals surface area contributed by atoms with Gasteiger partial charge in [-0.05, 0) is 56.7 Å². The minimum atomic E-state index is -0.0366. The maximum Gasteiger partial charge on any atom is 0.221 e. The van der Waals surface area contributed by atoms with Crippen LogP contribution < -0.4 is 20.7 Å². The molecule has 5 N–H and O–H groups in total. The molecule has 0 heterocycles. The maximum atomic E-state index is 12.3. The van der Waals surface area contributed by atoms with Crippen LogP contribution >= 0.6 is 37.2 Å². The molecule has 0 saturated carbocycles. The van der Waals surface area contributed by atoms with E-state index >= 15 is 0 Å². The van der Waals surface area contributed by atoms with Crippen LogP contribution in [-0.4, -0.2) is 121 Å². The zero-order valence-electron chi connectivity index (χ0n) is 31.8. The molecule has 0 fully saturated rings. The van der Waals surface area contributed by atoms with Crippen LogP contribution in [0.4, 0.5) is 0 Å². The van der Waals surface area contributed by atoms with Gasteiger partial charge in [0.25, 0.3) is 0 Å². The van der Waals surface area contributed by atoms with Crippen molar-refractivity contribution in [3.8, 4) is 0 Å². The summed E-state index contributed by atoms with van der Waals surface area (Å²) in [4.78, 5) is 36.7. The first-order valence-electron chi connectivity index (χ1n) is 17.1. The molecule has 282 valence electrons. The van der Waals surface area contributed by atoms with Crippen LogP contribution in [0.2, 0.25) is 0 Å². The second-order valence-corrected chi connectivity index (χ2v) is 18.4. The Hall–Kier alpha value is -0.700. The van der Waals surface area contributed by atoms with Crippen LogP contribution in [0.3, 0.4) is 0 Å². The zero-order valence-corrected chi connectivity index (χ0v) is 34.4.